The Morgan fingerprint density at radius 2 is 1.79 bits per heavy atom. The molecule has 3 rings (SSSR count). The van der Waals surface area contributed by atoms with E-state index in [2.05, 4.69) is 10.6 Å². The number of hydrogen-bond donors (Lipinski definition) is 3. The largest absolute Gasteiger partial charge is 0.381 e. The first kappa shape index (κ1) is 32.3. The molecular formula is C27H36N6O9. The highest BCUT2D eigenvalue weighted by molar-refractivity contribution is 6.20. The van der Waals surface area contributed by atoms with Crippen molar-refractivity contribution in [2.75, 3.05) is 25.6 Å². The lowest BCUT2D eigenvalue weighted by molar-refractivity contribution is -0.384. The van der Waals surface area contributed by atoms with Crippen LogP contribution in [0.4, 0.5) is 11.4 Å². The molecule has 0 spiro atoms. The van der Waals surface area contributed by atoms with E-state index in [0.717, 1.165) is 4.90 Å². The number of anilines is 1. The lowest BCUT2D eigenvalue weighted by Gasteiger charge is -2.45. The molecule has 15 heteroatoms. The fourth-order valence-electron chi connectivity index (χ4n) is 5.21. The van der Waals surface area contributed by atoms with Crippen LogP contribution in [0.25, 0.3) is 0 Å². The van der Waals surface area contributed by atoms with Crippen molar-refractivity contribution in [3.63, 3.8) is 0 Å². The minimum atomic E-state index is -2.32. The van der Waals surface area contributed by atoms with Gasteiger partial charge in [0.1, 0.15) is 12.1 Å². The van der Waals surface area contributed by atoms with Gasteiger partial charge in [-0.3, -0.25) is 43.8 Å². The summed E-state index contributed by atoms with van der Waals surface area (Å²) in [4.78, 5) is 92.1. The third-order valence-electron chi connectivity index (χ3n) is 7.38. The number of piperidine rings is 1. The number of hydrogen-bond acceptors (Lipinski definition) is 10. The first-order valence-corrected chi connectivity index (χ1v) is 13.6. The van der Waals surface area contributed by atoms with Gasteiger partial charge >= 0.3 is 0 Å². The third kappa shape index (κ3) is 6.31. The Bertz CT molecular complexity index is 1270. The molecule has 2 heterocycles. The Labute approximate surface area is 242 Å². The van der Waals surface area contributed by atoms with Crippen LogP contribution in [0.15, 0.2) is 24.3 Å². The number of benzene rings is 1. The number of ketones is 1. The standard InChI is InChI=1S/C27H36N6O9/c1-15(2)22(24(37)29-17-7-9-18(10-8-17)33(40)41)30-23(36)19-6-5-13-31(19)26(39)27(14-42-4)20(34)11-12-21(35)32(27)25(38)16(3)28/h7-10,15-16,19,22H,5-6,11-14,28H2,1-4H3,(H,29,37)(H,30,36)/t16-,19-,22-,27+/m0/s1. The predicted octanol–water partition coefficient (Wildman–Crippen LogP) is 0.116. The zero-order valence-corrected chi connectivity index (χ0v) is 24.0. The summed E-state index contributed by atoms with van der Waals surface area (Å²) in [6, 6.07) is 1.84. The van der Waals surface area contributed by atoms with Crippen LogP contribution in [0.2, 0.25) is 0 Å². The molecule has 4 atom stereocenters. The Balaban J connectivity index is 1.86. The number of amides is 5. The topological polar surface area (TPSA) is 211 Å². The van der Waals surface area contributed by atoms with Crippen LogP contribution in [-0.2, 0) is 33.5 Å². The van der Waals surface area contributed by atoms with Crippen molar-refractivity contribution in [3.8, 4) is 0 Å². The number of carbonyl (C=O) groups is 6. The molecule has 1 aromatic rings. The van der Waals surface area contributed by atoms with Crippen molar-refractivity contribution >= 4 is 46.7 Å². The molecule has 0 aromatic heterocycles. The number of nitrogens with one attached hydrogen (secondary N) is 2. The Hall–Kier alpha value is -4.24. The molecule has 2 fully saturated rings. The number of methoxy groups -OCH3 is 1. The number of imide groups is 1. The lowest BCUT2D eigenvalue weighted by Crippen LogP contribution is -2.73. The van der Waals surface area contributed by atoms with Crippen molar-refractivity contribution in [3.05, 3.63) is 34.4 Å². The first-order valence-electron chi connectivity index (χ1n) is 13.6. The van der Waals surface area contributed by atoms with E-state index in [0.29, 0.717) is 11.3 Å². The highest BCUT2D eigenvalue weighted by atomic mass is 16.6. The Morgan fingerprint density at radius 1 is 1.14 bits per heavy atom. The Kier molecular flexibility index (Phi) is 10.1. The average Bonchev–Trinajstić information content (AvgIpc) is 3.43. The second kappa shape index (κ2) is 13.2. The van der Waals surface area contributed by atoms with Crippen LogP contribution in [0, 0.1) is 16.0 Å². The number of nitro groups is 1. The highest BCUT2D eigenvalue weighted by Crippen LogP contribution is 2.33. The van der Waals surface area contributed by atoms with Crippen molar-refractivity contribution in [1.29, 1.82) is 0 Å². The van der Waals surface area contributed by atoms with Gasteiger partial charge in [-0.25, -0.2) is 0 Å². The molecule has 228 valence electrons. The van der Waals surface area contributed by atoms with Crippen molar-refractivity contribution in [1.82, 2.24) is 15.1 Å². The summed E-state index contributed by atoms with van der Waals surface area (Å²) in [5.41, 5.74) is 3.57. The number of nitrogens with two attached hydrogens (primary N) is 1. The number of carbonyl (C=O) groups excluding carboxylic acids is 6. The molecule has 1 aromatic carbocycles. The van der Waals surface area contributed by atoms with E-state index in [4.69, 9.17) is 10.5 Å². The summed E-state index contributed by atoms with van der Waals surface area (Å²) < 4.78 is 5.20. The molecule has 0 unspecified atom stereocenters. The number of likely N-dealkylation sites (tertiary alicyclic amines) is 2. The van der Waals surface area contributed by atoms with Crippen LogP contribution in [0.5, 0.6) is 0 Å². The highest BCUT2D eigenvalue weighted by Gasteiger charge is 2.60. The van der Waals surface area contributed by atoms with Gasteiger partial charge in [0.05, 0.1) is 17.6 Å². The quantitative estimate of drug-likeness (QED) is 0.191. The van der Waals surface area contributed by atoms with E-state index in [-0.39, 0.29) is 37.2 Å². The molecule has 42 heavy (non-hydrogen) atoms. The lowest BCUT2D eigenvalue weighted by atomic mass is 9.83. The molecule has 4 N–H and O–H groups in total. The van der Waals surface area contributed by atoms with E-state index in [9.17, 15) is 38.9 Å². The van der Waals surface area contributed by atoms with Crippen molar-refractivity contribution in [2.24, 2.45) is 11.7 Å². The van der Waals surface area contributed by atoms with Gasteiger partial charge in [-0.05, 0) is 37.8 Å². The molecular weight excluding hydrogens is 552 g/mol. The van der Waals surface area contributed by atoms with E-state index < -0.39 is 76.4 Å². The molecule has 0 bridgehead atoms. The van der Waals surface area contributed by atoms with Gasteiger partial charge in [0, 0.05) is 44.3 Å². The summed E-state index contributed by atoms with van der Waals surface area (Å²) in [6.07, 6.45) is 0.0237. The first-order chi connectivity index (χ1) is 19.8. The second-order valence-electron chi connectivity index (χ2n) is 10.8. The maximum atomic E-state index is 14.1. The van der Waals surface area contributed by atoms with Crippen LogP contribution in [0.3, 0.4) is 0 Å². The summed E-state index contributed by atoms with van der Waals surface area (Å²) >= 11 is 0. The number of ether oxygens (including phenoxy) is 1. The number of nitro benzene ring substituents is 1. The summed E-state index contributed by atoms with van der Waals surface area (Å²) in [5, 5.41) is 16.2. The predicted molar refractivity (Wildman–Crippen MR) is 148 cm³/mol. The van der Waals surface area contributed by atoms with Crippen LogP contribution >= 0.6 is 0 Å². The summed E-state index contributed by atoms with van der Waals surface area (Å²) in [6.45, 7) is 4.19. The summed E-state index contributed by atoms with van der Waals surface area (Å²) in [7, 11) is 1.22. The minimum absolute atomic E-state index is 0.0609. The van der Waals surface area contributed by atoms with Gasteiger partial charge in [-0.2, -0.15) is 0 Å². The van der Waals surface area contributed by atoms with Crippen molar-refractivity contribution < 1.29 is 38.4 Å². The molecule has 5 amide bonds. The second-order valence-corrected chi connectivity index (χ2v) is 10.8. The number of Topliss-reactive ketones (excluding diaryl/α,β-unsaturated/α-hetero) is 1. The van der Waals surface area contributed by atoms with Gasteiger partial charge in [0.25, 0.3) is 11.6 Å². The molecule has 2 aliphatic rings. The number of rotatable bonds is 10. The smallest absolute Gasteiger partial charge is 0.269 e. The zero-order valence-electron chi connectivity index (χ0n) is 24.0. The zero-order chi connectivity index (χ0) is 31.4. The molecule has 15 nitrogen and oxygen atoms in total. The third-order valence-corrected chi connectivity index (χ3v) is 7.38. The van der Waals surface area contributed by atoms with Gasteiger partial charge in [0.2, 0.25) is 29.2 Å². The molecule has 2 saturated heterocycles. The van der Waals surface area contributed by atoms with Gasteiger partial charge in [-0.15, -0.1) is 0 Å². The average molecular weight is 589 g/mol. The maximum absolute atomic E-state index is 14.1. The minimum Gasteiger partial charge on any atom is -0.381 e. The Morgan fingerprint density at radius 3 is 2.33 bits per heavy atom. The van der Waals surface area contributed by atoms with Crippen LogP contribution in [0.1, 0.15) is 46.5 Å². The molecule has 0 radical (unpaired) electrons. The van der Waals surface area contributed by atoms with Crippen LogP contribution < -0.4 is 16.4 Å². The van der Waals surface area contributed by atoms with E-state index >= 15 is 0 Å². The molecule has 0 aliphatic carbocycles. The monoisotopic (exact) mass is 588 g/mol. The van der Waals surface area contributed by atoms with Crippen molar-refractivity contribution in [2.45, 2.75) is 70.1 Å². The normalized spacial score (nSPS) is 22.1. The van der Waals surface area contributed by atoms with Gasteiger partial charge in [-0.1, -0.05) is 13.8 Å². The number of nitrogens with zero attached hydrogens (tertiary/aromatic N) is 3. The molecule has 0 saturated carbocycles. The fourth-order valence-corrected chi connectivity index (χ4v) is 5.21. The van der Waals surface area contributed by atoms with E-state index in [1.807, 2.05) is 0 Å². The SMILES string of the molecule is COC[C@]1(C(=O)N2CCC[C@H]2C(=O)N[C@H](C(=O)Nc2ccc([N+](=O)[O-])cc2)C(C)C)C(=O)CCC(=O)N1C(=O)[C@H](C)N. The van der Waals surface area contributed by atoms with Gasteiger partial charge < -0.3 is 26.0 Å². The van der Waals surface area contributed by atoms with Gasteiger partial charge in [0.15, 0.2) is 5.78 Å². The fraction of sp³-hybridized carbons (Fsp3) is 0.556. The van der Waals surface area contributed by atoms with Crippen LogP contribution in [-0.4, -0.2) is 94.0 Å². The molecule has 2 aliphatic heterocycles. The maximum Gasteiger partial charge on any atom is 0.269 e. The summed E-state index contributed by atoms with van der Waals surface area (Å²) in [5.74, 6) is -4.92. The van der Waals surface area contributed by atoms with E-state index in [1.165, 1.54) is 38.3 Å². The number of non-ortho nitro benzene ring substituents is 1. The van der Waals surface area contributed by atoms with E-state index in [1.54, 1.807) is 13.8 Å².